The minimum Gasteiger partial charge on any atom is -0.481 e. The van der Waals surface area contributed by atoms with Crippen LogP contribution in [0, 0.1) is 5.82 Å². The van der Waals surface area contributed by atoms with E-state index in [0.29, 0.717) is 17.4 Å². The van der Waals surface area contributed by atoms with E-state index in [1.807, 2.05) is 0 Å². The summed E-state index contributed by atoms with van der Waals surface area (Å²) in [5.41, 5.74) is 6.03. The Hall–Kier alpha value is -2.08. The fourth-order valence-corrected chi connectivity index (χ4v) is 1.55. The molecule has 0 aliphatic heterocycles. The summed E-state index contributed by atoms with van der Waals surface area (Å²) >= 11 is 5.88. The predicted octanol–water partition coefficient (Wildman–Crippen LogP) is 2.60. The van der Waals surface area contributed by atoms with Gasteiger partial charge in [-0.3, -0.25) is 0 Å². The Kier molecular flexibility index (Phi) is 3.47. The van der Waals surface area contributed by atoms with E-state index in [9.17, 15) is 4.39 Å². The van der Waals surface area contributed by atoms with Crippen molar-refractivity contribution in [2.45, 2.75) is 0 Å². The minimum atomic E-state index is -0.412. The lowest BCUT2D eigenvalue weighted by molar-refractivity contribution is 0.398. The Morgan fingerprint density at radius 2 is 2.11 bits per heavy atom. The van der Waals surface area contributed by atoms with Gasteiger partial charge in [-0.15, -0.1) is 0 Å². The van der Waals surface area contributed by atoms with Crippen LogP contribution >= 0.6 is 11.6 Å². The highest BCUT2D eigenvalue weighted by molar-refractivity contribution is 6.33. The molecule has 1 aromatic heterocycles. The van der Waals surface area contributed by atoms with Crippen molar-refractivity contribution in [1.29, 1.82) is 0 Å². The molecule has 94 valence electrons. The number of nitrogens with one attached hydrogen (secondary N) is 1. The van der Waals surface area contributed by atoms with Gasteiger partial charge in [-0.1, -0.05) is 11.6 Å². The first-order chi connectivity index (χ1) is 8.58. The molecule has 1 aromatic carbocycles. The second-order valence-electron chi connectivity index (χ2n) is 3.40. The molecule has 0 amide bonds. The van der Waals surface area contributed by atoms with Crippen molar-refractivity contribution in [2.75, 3.05) is 18.2 Å². The van der Waals surface area contributed by atoms with Crippen LogP contribution in [0.15, 0.2) is 24.3 Å². The normalized spacial score (nSPS) is 10.2. The zero-order chi connectivity index (χ0) is 13.1. The molecule has 0 aliphatic rings. The SMILES string of the molecule is COc1cc(Nc2ccc(F)cc2Cl)nc(N)n1. The average molecular weight is 269 g/mol. The summed E-state index contributed by atoms with van der Waals surface area (Å²) in [6, 6.07) is 5.54. The largest absolute Gasteiger partial charge is 0.481 e. The number of rotatable bonds is 3. The summed E-state index contributed by atoms with van der Waals surface area (Å²) in [5, 5.41) is 3.15. The van der Waals surface area contributed by atoms with E-state index in [2.05, 4.69) is 15.3 Å². The van der Waals surface area contributed by atoms with Crippen LogP contribution in [0.5, 0.6) is 5.88 Å². The highest BCUT2D eigenvalue weighted by atomic mass is 35.5. The summed E-state index contributed by atoms with van der Waals surface area (Å²) in [5.74, 6) is 0.386. The number of nitrogens with two attached hydrogens (primary N) is 1. The third kappa shape index (κ3) is 2.78. The van der Waals surface area contributed by atoms with Gasteiger partial charge in [0, 0.05) is 6.07 Å². The molecule has 2 aromatic rings. The lowest BCUT2D eigenvalue weighted by Gasteiger charge is -2.09. The number of nitrogens with zero attached hydrogens (tertiary/aromatic N) is 2. The summed E-state index contributed by atoms with van der Waals surface area (Å²) in [4.78, 5) is 7.81. The Morgan fingerprint density at radius 1 is 1.33 bits per heavy atom. The molecule has 7 heteroatoms. The topological polar surface area (TPSA) is 73.1 Å². The lowest BCUT2D eigenvalue weighted by Crippen LogP contribution is -2.02. The van der Waals surface area contributed by atoms with Crippen molar-refractivity contribution in [3.05, 3.63) is 35.1 Å². The number of anilines is 3. The standard InChI is InChI=1S/C11H10ClFN4O/c1-18-10-5-9(16-11(14)17-10)15-8-3-2-6(13)4-7(8)12/h2-5H,1H3,(H3,14,15,16,17). The Bertz CT molecular complexity index is 579. The maximum atomic E-state index is 12.9. The molecule has 0 spiro atoms. The highest BCUT2D eigenvalue weighted by Gasteiger charge is 2.06. The fraction of sp³-hybridized carbons (Fsp3) is 0.0909. The molecule has 3 N–H and O–H groups in total. The van der Waals surface area contributed by atoms with Crippen LogP contribution in [0.4, 0.5) is 21.8 Å². The third-order valence-electron chi connectivity index (χ3n) is 2.12. The van der Waals surface area contributed by atoms with Gasteiger partial charge in [0.15, 0.2) is 0 Å². The van der Waals surface area contributed by atoms with E-state index >= 15 is 0 Å². The molecular weight excluding hydrogens is 259 g/mol. The van der Waals surface area contributed by atoms with E-state index in [-0.39, 0.29) is 11.0 Å². The Morgan fingerprint density at radius 3 is 2.78 bits per heavy atom. The van der Waals surface area contributed by atoms with Gasteiger partial charge in [-0.2, -0.15) is 9.97 Å². The zero-order valence-electron chi connectivity index (χ0n) is 9.45. The van der Waals surface area contributed by atoms with Gasteiger partial charge < -0.3 is 15.8 Å². The second-order valence-corrected chi connectivity index (χ2v) is 3.81. The van der Waals surface area contributed by atoms with Gasteiger partial charge in [0.1, 0.15) is 11.6 Å². The number of methoxy groups -OCH3 is 1. The van der Waals surface area contributed by atoms with E-state index < -0.39 is 5.82 Å². The summed E-state index contributed by atoms with van der Waals surface area (Å²) in [7, 11) is 1.47. The minimum absolute atomic E-state index is 0.0649. The first-order valence-electron chi connectivity index (χ1n) is 4.99. The molecule has 0 aliphatic carbocycles. The second kappa shape index (κ2) is 5.05. The van der Waals surface area contributed by atoms with E-state index in [1.165, 1.54) is 25.3 Å². The molecule has 1 heterocycles. The number of halogens is 2. The van der Waals surface area contributed by atoms with Crippen LogP contribution < -0.4 is 15.8 Å². The molecule has 0 unspecified atom stereocenters. The molecule has 18 heavy (non-hydrogen) atoms. The van der Waals surface area contributed by atoms with Crippen molar-refractivity contribution in [2.24, 2.45) is 0 Å². The Labute approximate surface area is 108 Å². The molecule has 0 fully saturated rings. The molecule has 0 saturated carbocycles. The van der Waals surface area contributed by atoms with Crippen molar-refractivity contribution < 1.29 is 9.13 Å². The average Bonchev–Trinajstić information content (AvgIpc) is 2.32. The predicted molar refractivity (Wildman–Crippen MR) is 67.7 cm³/mol. The number of hydrogen-bond acceptors (Lipinski definition) is 5. The van der Waals surface area contributed by atoms with Gasteiger partial charge in [0.25, 0.3) is 0 Å². The first-order valence-corrected chi connectivity index (χ1v) is 5.37. The van der Waals surface area contributed by atoms with Crippen LogP contribution in [0.1, 0.15) is 0 Å². The molecule has 0 radical (unpaired) electrons. The van der Waals surface area contributed by atoms with Crippen LogP contribution in [0.2, 0.25) is 5.02 Å². The van der Waals surface area contributed by atoms with Gasteiger partial charge in [-0.05, 0) is 18.2 Å². The van der Waals surface area contributed by atoms with Crippen LogP contribution in [-0.2, 0) is 0 Å². The van der Waals surface area contributed by atoms with Crippen LogP contribution in [0.3, 0.4) is 0 Å². The molecule has 2 rings (SSSR count). The van der Waals surface area contributed by atoms with Crippen LogP contribution in [-0.4, -0.2) is 17.1 Å². The number of aromatic nitrogens is 2. The van der Waals surface area contributed by atoms with E-state index in [0.717, 1.165) is 0 Å². The maximum Gasteiger partial charge on any atom is 0.225 e. The molecule has 0 atom stereocenters. The molecule has 5 nitrogen and oxygen atoms in total. The van der Waals surface area contributed by atoms with Crippen molar-refractivity contribution >= 4 is 29.1 Å². The monoisotopic (exact) mass is 268 g/mol. The summed E-state index contributed by atoms with van der Waals surface area (Å²) in [6.07, 6.45) is 0. The quantitative estimate of drug-likeness (QED) is 0.895. The van der Waals surface area contributed by atoms with Crippen molar-refractivity contribution in [3.63, 3.8) is 0 Å². The van der Waals surface area contributed by atoms with Crippen LogP contribution in [0.25, 0.3) is 0 Å². The Balaban J connectivity index is 2.30. The maximum absolute atomic E-state index is 12.9. The highest BCUT2D eigenvalue weighted by Crippen LogP contribution is 2.26. The van der Waals surface area contributed by atoms with E-state index in [4.69, 9.17) is 22.1 Å². The molecule has 0 bridgehead atoms. The van der Waals surface area contributed by atoms with Gasteiger partial charge >= 0.3 is 0 Å². The van der Waals surface area contributed by atoms with Crippen molar-refractivity contribution in [1.82, 2.24) is 9.97 Å². The summed E-state index contributed by atoms with van der Waals surface area (Å²) in [6.45, 7) is 0. The zero-order valence-corrected chi connectivity index (χ0v) is 10.2. The number of ether oxygens (including phenoxy) is 1. The first kappa shape index (κ1) is 12.4. The number of nitrogen functional groups attached to an aromatic ring is 1. The third-order valence-corrected chi connectivity index (χ3v) is 2.44. The van der Waals surface area contributed by atoms with Gasteiger partial charge in [0.05, 0.1) is 17.8 Å². The van der Waals surface area contributed by atoms with Gasteiger partial charge in [-0.25, -0.2) is 4.39 Å². The number of hydrogen-bond donors (Lipinski definition) is 2. The molecular formula is C11H10ClFN4O. The van der Waals surface area contributed by atoms with Gasteiger partial charge in [0.2, 0.25) is 11.8 Å². The van der Waals surface area contributed by atoms with E-state index in [1.54, 1.807) is 6.07 Å². The molecule has 0 saturated heterocycles. The fourth-order valence-electron chi connectivity index (χ4n) is 1.34. The smallest absolute Gasteiger partial charge is 0.225 e. The lowest BCUT2D eigenvalue weighted by atomic mass is 10.3. The van der Waals surface area contributed by atoms with Crippen molar-refractivity contribution in [3.8, 4) is 5.88 Å². The summed E-state index contributed by atoms with van der Waals surface area (Å²) < 4.78 is 17.8. The number of benzene rings is 1.